The van der Waals surface area contributed by atoms with Crippen LogP contribution in [0.15, 0.2) is 22.7 Å². The van der Waals surface area contributed by atoms with Gasteiger partial charge in [-0.2, -0.15) is 0 Å². The van der Waals surface area contributed by atoms with Crippen LogP contribution in [0.25, 0.3) is 0 Å². The van der Waals surface area contributed by atoms with Gasteiger partial charge in [-0.15, -0.1) is 0 Å². The Hall–Kier alpha value is -0.230. The Morgan fingerprint density at radius 2 is 2.00 bits per heavy atom. The van der Waals surface area contributed by atoms with Gasteiger partial charge in [0.1, 0.15) is 0 Å². The van der Waals surface area contributed by atoms with Crippen molar-refractivity contribution in [1.29, 1.82) is 0 Å². The molecule has 0 spiro atoms. The molecular weight excluding hydrogens is 338 g/mol. The molecule has 106 valence electrons. The minimum absolute atomic E-state index is 0.179. The van der Waals surface area contributed by atoms with Crippen molar-refractivity contribution in [3.8, 4) is 0 Å². The van der Waals surface area contributed by atoms with Gasteiger partial charge < -0.3 is 5.32 Å². The van der Waals surface area contributed by atoms with Gasteiger partial charge in [0.15, 0.2) is 0 Å². The van der Waals surface area contributed by atoms with Crippen molar-refractivity contribution in [2.45, 2.75) is 18.9 Å². The standard InChI is InChI=1S/C13H16BrClF2N2/c14-9-1-2-10(11(15)7-9)12(8-13(16)17)19-5-3-18-4-6-19/h1-2,7,12-13,18H,3-6,8H2/t12-/m0/s1. The van der Waals surface area contributed by atoms with Crippen LogP contribution < -0.4 is 5.32 Å². The summed E-state index contributed by atoms with van der Waals surface area (Å²) in [4.78, 5) is 2.08. The predicted molar refractivity (Wildman–Crippen MR) is 77.0 cm³/mol. The maximum Gasteiger partial charge on any atom is 0.240 e. The Balaban J connectivity index is 2.25. The average Bonchev–Trinajstić information content (AvgIpc) is 2.37. The first-order chi connectivity index (χ1) is 9.08. The van der Waals surface area contributed by atoms with E-state index in [-0.39, 0.29) is 12.5 Å². The summed E-state index contributed by atoms with van der Waals surface area (Å²) in [6.45, 7) is 3.19. The van der Waals surface area contributed by atoms with E-state index in [4.69, 9.17) is 11.6 Å². The zero-order valence-corrected chi connectivity index (χ0v) is 12.7. The fourth-order valence-corrected chi connectivity index (χ4v) is 3.21. The first-order valence-corrected chi connectivity index (χ1v) is 7.43. The highest BCUT2D eigenvalue weighted by Gasteiger charge is 2.26. The minimum Gasteiger partial charge on any atom is -0.314 e. The first-order valence-electron chi connectivity index (χ1n) is 6.26. The van der Waals surface area contributed by atoms with Crippen molar-refractivity contribution in [3.63, 3.8) is 0 Å². The van der Waals surface area contributed by atoms with E-state index in [0.717, 1.165) is 36.2 Å². The molecule has 0 aromatic heterocycles. The summed E-state index contributed by atoms with van der Waals surface area (Å²) >= 11 is 9.55. The highest BCUT2D eigenvalue weighted by Crippen LogP contribution is 2.34. The van der Waals surface area contributed by atoms with Crippen LogP contribution in [0.4, 0.5) is 8.78 Å². The molecule has 0 unspecified atom stereocenters. The molecular formula is C13H16BrClF2N2. The van der Waals surface area contributed by atoms with Gasteiger partial charge in [0, 0.05) is 48.1 Å². The number of rotatable bonds is 4. The third-order valence-electron chi connectivity index (χ3n) is 3.32. The summed E-state index contributed by atoms with van der Waals surface area (Å²) in [6.07, 6.45) is -2.51. The van der Waals surface area contributed by atoms with Crippen LogP contribution >= 0.6 is 27.5 Å². The van der Waals surface area contributed by atoms with Gasteiger partial charge in [-0.25, -0.2) is 8.78 Å². The number of nitrogens with one attached hydrogen (secondary N) is 1. The van der Waals surface area contributed by atoms with E-state index >= 15 is 0 Å². The molecule has 0 aliphatic carbocycles. The van der Waals surface area contributed by atoms with Crippen molar-refractivity contribution in [2.24, 2.45) is 0 Å². The Kier molecular flexibility index (Phi) is 5.57. The molecule has 1 aromatic rings. The van der Waals surface area contributed by atoms with Crippen LogP contribution in [-0.2, 0) is 0 Å². The van der Waals surface area contributed by atoms with E-state index in [1.54, 1.807) is 6.07 Å². The third-order valence-corrected chi connectivity index (χ3v) is 4.14. The fourth-order valence-electron chi connectivity index (χ4n) is 2.41. The summed E-state index contributed by atoms with van der Waals surface area (Å²) in [7, 11) is 0. The van der Waals surface area contributed by atoms with E-state index in [1.807, 2.05) is 12.1 Å². The van der Waals surface area contributed by atoms with E-state index < -0.39 is 6.43 Å². The largest absolute Gasteiger partial charge is 0.314 e. The maximum atomic E-state index is 12.8. The molecule has 1 aromatic carbocycles. The Morgan fingerprint density at radius 3 is 2.58 bits per heavy atom. The molecule has 1 N–H and O–H groups in total. The molecule has 0 saturated carbocycles. The van der Waals surface area contributed by atoms with Crippen molar-refractivity contribution in [3.05, 3.63) is 33.3 Å². The van der Waals surface area contributed by atoms with Crippen LogP contribution in [-0.4, -0.2) is 37.5 Å². The number of halogens is 4. The second-order valence-electron chi connectivity index (χ2n) is 4.59. The Bertz CT molecular complexity index is 425. The number of nitrogens with zero attached hydrogens (tertiary/aromatic N) is 1. The number of alkyl halides is 2. The lowest BCUT2D eigenvalue weighted by atomic mass is 10.0. The zero-order valence-electron chi connectivity index (χ0n) is 10.4. The number of hydrogen-bond acceptors (Lipinski definition) is 2. The van der Waals surface area contributed by atoms with Gasteiger partial charge in [0.05, 0.1) is 0 Å². The van der Waals surface area contributed by atoms with Crippen LogP contribution in [0, 0.1) is 0 Å². The molecule has 1 atom stereocenters. The SMILES string of the molecule is FC(F)C[C@@H](c1ccc(Br)cc1Cl)N1CCNCC1. The second kappa shape index (κ2) is 6.97. The summed E-state index contributed by atoms with van der Waals surface area (Å²) in [5, 5.41) is 3.77. The van der Waals surface area contributed by atoms with E-state index in [9.17, 15) is 8.78 Å². The lowest BCUT2D eigenvalue weighted by Gasteiger charge is -2.35. The predicted octanol–water partition coefficient (Wildman–Crippen LogP) is 3.70. The van der Waals surface area contributed by atoms with Crippen molar-refractivity contribution in [1.82, 2.24) is 10.2 Å². The molecule has 1 heterocycles. The molecule has 2 nitrogen and oxygen atoms in total. The summed E-state index contributed by atoms with van der Waals surface area (Å²) in [5.74, 6) is 0. The number of benzene rings is 1. The topological polar surface area (TPSA) is 15.3 Å². The summed E-state index contributed by atoms with van der Waals surface area (Å²) < 4.78 is 26.5. The van der Waals surface area contributed by atoms with Gasteiger partial charge in [-0.1, -0.05) is 33.6 Å². The number of hydrogen-bond donors (Lipinski definition) is 1. The highest BCUT2D eigenvalue weighted by molar-refractivity contribution is 9.10. The molecule has 19 heavy (non-hydrogen) atoms. The zero-order chi connectivity index (χ0) is 13.8. The molecule has 1 aliphatic rings. The average molecular weight is 354 g/mol. The highest BCUT2D eigenvalue weighted by atomic mass is 79.9. The lowest BCUT2D eigenvalue weighted by molar-refractivity contribution is 0.0739. The Morgan fingerprint density at radius 1 is 1.32 bits per heavy atom. The van der Waals surface area contributed by atoms with Crippen molar-refractivity contribution < 1.29 is 8.78 Å². The van der Waals surface area contributed by atoms with E-state index in [0.29, 0.717) is 5.02 Å². The molecule has 0 bridgehead atoms. The molecule has 1 saturated heterocycles. The van der Waals surface area contributed by atoms with Gasteiger partial charge in [0.25, 0.3) is 0 Å². The number of piperazine rings is 1. The van der Waals surface area contributed by atoms with Crippen LogP contribution in [0.1, 0.15) is 18.0 Å². The molecule has 1 fully saturated rings. The maximum absolute atomic E-state index is 12.8. The molecule has 1 aliphatic heterocycles. The third kappa shape index (κ3) is 4.12. The minimum atomic E-state index is -2.33. The van der Waals surface area contributed by atoms with Gasteiger partial charge in [0.2, 0.25) is 6.43 Å². The van der Waals surface area contributed by atoms with Crippen LogP contribution in [0.2, 0.25) is 5.02 Å². The molecule has 0 amide bonds. The first kappa shape index (κ1) is 15.2. The van der Waals surface area contributed by atoms with E-state index in [2.05, 4.69) is 26.1 Å². The van der Waals surface area contributed by atoms with Gasteiger partial charge in [-0.3, -0.25) is 4.90 Å². The molecule has 0 radical (unpaired) electrons. The van der Waals surface area contributed by atoms with Crippen LogP contribution in [0.5, 0.6) is 0 Å². The molecule has 6 heteroatoms. The molecule has 2 rings (SSSR count). The van der Waals surface area contributed by atoms with Crippen LogP contribution in [0.3, 0.4) is 0 Å². The van der Waals surface area contributed by atoms with Crippen molar-refractivity contribution >= 4 is 27.5 Å². The van der Waals surface area contributed by atoms with Crippen molar-refractivity contribution in [2.75, 3.05) is 26.2 Å². The normalized spacial score (nSPS) is 18.8. The Labute approximate surface area is 125 Å². The lowest BCUT2D eigenvalue weighted by Crippen LogP contribution is -2.45. The van der Waals surface area contributed by atoms with Gasteiger partial charge in [-0.05, 0) is 17.7 Å². The second-order valence-corrected chi connectivity index (χ2v) is 5.92. The van der Waals surface area contributed by atoms with Gasteiger partial charge >= 0.3 is 0 Å². The summed E-state index contributed by atoms with van der Waals surface area (Å²) in [6, 6.07) is 5.13. The monoisotopic (exact) mass is 352 g/mol. The fraction of sp³-hybridized carbons (Fsp3) is 0.538. The summed E-state index contributed by atoms with van der Waals surface area (Å²) in [5.41, 5.74) is 0.784. The smallest absolute Gasteiger partial charge is 0.240 e. The quantitative estimate of drug-likeness (QED) is 0.888. The van der Waals surface area contributed by atoms with E-state index in [1.165, 1.54) is 0 Å².